The zero-order chi connectivity index (χ0) is 17.3. The van der Waals surface area contributed by atoms with Crippen molar-refractivity contribution in [2.75, 3.05) is 25.1 Å². The lowest BCUT2D eigenvalue weighted by atomic mass is 9.98. The summed E-state index contributed by atoms with van der Waals surface area (Å²) in [6.07, 6.45) is 2.98. The van der Waals surface area contributed by atoms with Gasteiger partial charge in [0.1, 0.15) is 11.4 Å². The summed E-state index contributed by atoms with van der Waals surface area (Å²) < 4.78 is 10.9. The van der Waals surface area contributed by atoms with Gasteiger partial charge in [-0.1, -0.05) is 0 Å². The van der Waals surface area contributed by atoms with E-state index in [4.69, 9.17) is 9.47 Å². The molecule has 1 aromatic carbocycles. The molecule has 132 valence electrons. The summed E-state index contributed by atoms with van der Waals surface area (Å²) in [4.78, 5) is 16.9. The third-order valence-electron chi connectivity index (χ3n) is 4.86. The van der Waals surface area contributed by atoms with Gasteiger partial charge in [-0.05, 0) is 64.3 Å². The Morgan fingerprint density at radius 3 is 2.38 bits per heavy atom. The Hall–Kier alpha value is -1.91. The van der Waals surface area contributed by atoms with Crippen molar-refractivity contribution in [2.24, 2.45) is 0 Å². The maximum Gasteiger partial charge on any atom is 0.410 e. The van der Waals surface area contributed by atoms with E-state index in [1.165, 1.54) is 5.69 Å². The fourth-order valence-electron chi connectivity index (χ4n) is 3.68. The van der Waals surface area contributed by atoms with Crippen molar-refractivity contribution in [3.8, 4) is 5.75 Å². The molecule has 0 aromatic heterocycles. The molecule has 3 saturated heterocycles. The third kappa shape index (κ3) is 3.60. The fraction of sp³-hybridized carbons (Fsp3) is 0.632. The van der Waals surface area contributed by atoms with Gasteiger partial charge >= 0.3 is 6.09 Å². The van der Waals surface area contributed by atoms with E-state index in [1.54, 1.807) is 7.11 Å². The van der Waals surface area contributed by atoms with Crippen molar-refractivity contribution in [3.63, 3.8) is 0 Å². The molecule has 3 heterocycles. The first-order valence-corrected chi connectivity index (χ1v) is 8.78. The second-order valence-corrected chi connectivity index (χ2v) is 7.70. The summed E-state index contributed by atoms with van der Waals surface area (Å²) in [5, 5.41) is 0. The second kappa shape index (κ2) is 6.54. The fourth-order valence-corrected chi connectivity index (χ4v) is 3.68. The summed E-state index contributed by atoms with van der Waals surface area (Å²) >= 11 is 0. The molecular formula is C19H28N2O3. The van der Waals surface area contributed by atoms with Gasteiger partial charge in [0.2, 0.25) is 0 Å². The molecular weight excluding hydrogens is 304 g/mol. The lowest BCUT2D eigenvalue weighted by Gasteiger charge is -2.40. The van der Waals surface area contributed by atoms with Crippen molar-refractivity contribution in [1.82, 2.24) is 4.90 Å². The number of methoxy groups -OCH3 is 1. The average Bonchev–Trinajstić information content (AvgIpc) is 2.85. The lowest BCUT2D eigenvalue weighted by Crippen LogP contribution is -2.50. The number of hydrogen-bond acceptors (Lipinski definition) is 4. The number of rotatable bonds is 2. The average molecular weight is 332 g/mol. The molecule has 0 N–H and O–H groups in total. The number of nitrogens with zero attached hydrogens (tertiary/aromatic N) is 2. The van der Waals surface area contributed by atoms with Crippen LogP contribution in [0.2, 0.25) is 0 Å². The number of amides is 1. The summed E-state index contributed by atoms with van der Waals surface area (Å²) in [5.41, 5.74) is 0.758. The molecule has 1 aromatic rings. The number of carbonyl (C=O) groups is 1. The van der Waals surface area contributed by atoms with Gasteiger partial charge in [-0.15, -0.1) is 0 Å². The van der Waals surface area contributed by atoms with Crippen LogP contribution >= 0.6 is 0 Å². The predicted octanol–water partition coefficient (Wildman–Crippen LogP) is 3.67. The highest BCUT2D eigenvalue weighted by Gasteiger charge is 2.39. The zero-order valence-electron chi connectivity index (χ0n) is 15.1. The second-order valence-electron chi connectivity index (χ2n) is 7.70. The molecule has 4 rings (SSSR count). The Morgan fingerprint density at radius 2 is 1.75 bits per heavy atom. The van der Waals surface area contributed by atoms with Crippen molar-refractivity contribution >= 4 is 11.8 Å². The maximum absolute atomic E-state index is 12.5. The molecule has 3 fully saturated rings. The molecule has 0 saturated carbocycles. The summed E-state index contributed by atoms with van der Waals surface area (Å²) in [7, 11) is 1.68. The van der Waals surface area contributed by atoms with E-state index in [-0.39, 0.29) is 12.1 Å². The van der Waals surface area contributed by atoms with Crippen LogP contribution < -0.4 is 9.64 Å². The first-order valence-electron chi connectivity index (χ1n) is 8.78. The first-order chi connectivity index (χ1) is 11.4. The molecule has 2 unspecified atom stereocenters. The van der Waals surface area contributed by atoms with E-state index in [0.717, 1.165) is 38.1 Å². The Morgan fingerprint density at radius 1 is 1.08 bits per heavy atom. The van der Waals surface area contributed by atoms with Gasteiger partial charge < -0.3 is 19.3 Å². The standard InChI is InChI=1S/C19H28N2O3/c1-19(2,3)24-18(22)20-12-11-15-5-6-16(20)13-21(15)14-7-9-17(23-4)10-8-14/h7-10,15-16H,5-6,11-13H2,1-4H3. The van der Waals surface area contributed by atoms with Crippen LogP contribution in [-0.4, -0.2) is 48.9 Å². The van der Waals surface area contributed by atoms with E-state index in [9.17, 15) is 4.79 Å². The highest BCUT2D eigenvalue weighted by molar-refractivity contribution is 5.69. The normalized spacial score (nSPS) is 23.8. The topological polar surface area (TPSA) is 42.0 Å². The van der Waals surface area contributed by atoms with Crippen LogP contribution in [0.15, 0.2) is 24.3 Å². The minimum Gasteiger partial charge on any atom is -0.497 e. The molecule has 2 bridgehead atoms. The Balaban J connectivity index is 1.75. The SMILES string of the molecule is COc1ccc(N2CC3CCC2CCN3C(=O)OC(C)(C)C)cc1. The molecule has 0 aliphatic carbocycles. The minimum atomic E-state index is -0.447. The molecule has 3 aliphatic rings. The Kier molecular flexibility index (Phi) is 4.61. The van der Waals surface area contributed by atoms with Gasteiger partial charge in [0, 0.05) is 24.8 Å². The number of benzene rings is 1. The van der Waals surface area contributed by atoms with Crippen LogP contribution in [-0.2, 0) is 4.74 Å². The monoisotopic (exact) mass is 332 g/mol. The Bertz CT molecular complexity index is 579. The summed E-state index contributed by atoms with van der Waals surface area (Å²) in [6, 6.07) is 8.93. The van der Waals surface area contributed by atoms with Crippen molar-refractivity contribution in [2.45, 2.75) is 57.7 Å². The number of fused-ring (bicyclic) bond motifs is 4. The van der Waals surface area contributed by atoms with Crippen LogP contribution in [0, 0.1) is 0 Å². The van der Waals surface area contributed by atoms with E-state index in [1.807, 2.05) is 37.8 Å². The zero-order valence-corrected chi connectivity index (χ0v) is 15.1. The highest BCUT2D eigenvalue weighted by atomic mass is 16.6. The van der Waals surface area contributed by atoms with Gasteiger partial charge in [-0.2, -0.15) is 0 Å². The number of anilines is 1. The van der Waals surface area contributed by atoms with Gasteiger partial charge in [-0.25, -0.2) is 4.79 Å². The van der Waals surface area contributed by atoms with E-state index in [0.29, 0.717) is 6.04 Å². The maximum atomic E-state index is 12.5. The van der Waals surface area contributed by atoms with Gasteiger partial charge in [0.05, 0.1) is 13.2 Å². The van der Waals surface area contributed by atoms with Crippen LogP contribution in [0.5, 0.6) is 5.75 Å². The van der Waals surface area contributed by atoms with Crippen LogP contribution in [0.3, 0.4) is 0 Å². The van der Waals surface area contributed by atoms with Crippen LogP contribution in [0.25, 0.3) is 0 Å². The quantitative estimate of drug-likeness (QED) is 0.828. The van der Waals surface area contributed by atoms with E-state index >= 15 is 0 Å². The van der Waals surface area contributed by atoms with Gasteiger partial charge in [-0.3, -0.25) is 0 Å². The number of piperidine rings is 1. The van der Waals surface area contributed by atoms with Crippen LogP contribution in [0.1, 0.15) is 40.0 Å². The molecule has 5 heteroatoms. The van der Waals surface area contributed by atoms with Gasteiger partial charge in [0.15, 0.2) is 0 Å². The molecule has 2 atom stereocenters. The van der Waals surface area contributed by atoms with Crippen molar-refractivity contribution < 1.29 is 14.3 Å². The van der Waals surface area contributed by atoms with Gasteiger partial charge in [0.25, 0.3) is 0 Å². The molecule has 0 spiro atoms. The number of carbonyl (C=O) groups excluding carboxylic acids is 1. The van der Waals surface area contributed by atoms with Crippen LogP contribution in [0.4, 0.5) is 10.5 Å². The van der Waals surface area contributed by atoms with Crippen molar-refractivity contribution in [3.05, 3.63) is 24.3 Å². The smallest absolute Gasteiger partial charge is 0.410 e. The third-order valence-corrected chi connectivity index (χ3v) is 4.86. The molecule has 0 radical (unpaired) electrons. The van der Waals surface area contributed by atoms with E-state index in [2.05, 4.69) is 17.0 Å². The summed E-state index contributed by atoms with van der Waals surface area (Å²) in [6.45, 7) is 7.41. The Labute approximate surface area is 144 Å². The first kappa shape index (κ1) is 16.9. The van der Waals surface area contributed by atoms with E-state index < -0.39 is 5.60 Å². The highest BCUT2D eigenvalue weighted by Crippen LogP contribution is 2.33. The summed E-state index contributed by atoms with van der Waals surface area (Å²) in [5.74, 6) is 0.870. The number of ether oxygens (including phenoxy) is 2. The number of hydrogen-bond donors (Lipinski definition) is 0. The predicted molar refractivity (Wildman–Crippen MR) is 94.7 cm³/mol. The van der Waals surface area contributed by atoms with Crippen molar-refractivity contribution in [1.29, 1.82) is 0 Å². The minimum absolute atomic E-state index is 0.176. The molecule has 3 aliphatic heterocycles. The largest absolute Gasteiger partial charge is 0.497 e. The molecule has 1 amide bonds. The lowest BCUT2D eigenvalue weighted by molar-refractivity contribution is 0.0178. The molecule has 5 nitrogen and oxygen atoms in total. The molecule has 24 heavy (non-hydrogen) atoms.